The van der Waals surface area contributed by atoms with Crippen LogP contribution in [0.15, 0.2) is 22.7 Å². The Labute approximate surface area is 114 Å². The molecular weight excluding hydrogens is 292 g/mol. The van der Waals surface area contributed by atoms with Crippen molar-refractivity contribution < 1.29 is 4.79 Å². The van der Waals surface area contributed by atoms with Gasteiger partial charge in [-0.25, -0.2) is 0 Å². The van der Waals surface area contributed by atoms with Gasteiger partial charge in [-0.15, -0.1) is 0 Å². The van der Waals surface area contributed by atoms with E-state index in [1.807, 2.05) is 0 Å². The van der Waals surface area contributed by atoms with Gasteiger partial charge in [-0.1, -0.05) is 6.42 Å². The zero-order valence-corrected chi connectivity index (χ0v) is 11.4. The SMILES string of the molecule is N#Cc1ccc(NC(=O)C2C3CCCC32)c(Br)c1. The fraction of sp³-hybridized carbons (Fsp3) is 0.429. The van der Waals surface area contributed by atoms with Crippen LogP contribution in [-0.4, -0.2) is 5.91 Å². The Morgan fingerprint density at radius 1 is 1.39 bits per heavy atom. The topological polar surface area (TPSA) is 52.9 Å². The van der Waals surface area contributed by atoms with Gasteiger partial charge >= 0.3 is 0 Å². The molecule has 18 heavy (non-hydrogen) atoms. The van der Waals surface area contributed by atoms with E-state index in [9.17, 15) is 4.79 Å². The predicted octanol–water partition coefficient (Wildman–Crippen LogP) is 3.31. The van der Waals surface area contributed by atoms with E-state index in [0.717, 1.165) is 10.2 Å². The number of benzene rings is 1. The van der Waals surface area contributed by atoms with Crippen molar-refractivity contribution in [2.75, 3.05) is 5.32 Å². The molecule has 2 aliphatic rings. The number of rotatable bonds is 2. The molecule has 2 atom stereocenters. The second-order valence-electron chi connectivity index (χ2n) is 5.08. The number of carbonyl (C=O) groups excluding carboxylic acids is 1. The van der Waals surface area contributed by atoms with Gasteiger partial charge in [-0.3, -0.25) is 4.79 Å². The van der Waals surface area contributed by atoms with Crippen LogP contribution in [-0.2, 0) is 4.79 Å². The zero-order chi connectivity index (χ0) is 12.7. The molecule has 0 radical (unpaired) electrons. The van der Waals surface area contributed by atoms with Crippen molar-refractivity contribution in [3.8, 4) is 6.07 Å². The number of amides is 1. The number of carbonyl (C=O) groups is 1. The largest absolute Gasteiger partial charge is 0.325 e. The van der Waals surface area contributed by atoms with Crippen molar-refractivity contribution in [3.63, 3.8) is 0 Å². The second-order valence-corrected chi connectivity index (χ2v) is 5.93. The summed E-state index contributed by atoms with van der Waals surface area (Å²) in [7, 11) is 0. The summed E-state index contributed by atoms with van der Waals surface area (Å²) < 4.78 is 0.765. The normalized spacial score (nSPS) is 28.3. The van der Waals surface area contributed by atoms with E-state index >= 15 is 0 Å². The Kier molecular flexibility index (Phi) is 2.87. The summed E-state index contributed by atoms with van der Waals surface area (Å²) in [5, 5.41) is 11.7. The first kappa shape index (κ1) is 11.7. The molecule has 1 aromatic rings. The number of nitrogens with one attached hydrogen (secondary N) is 1. The maximum atomic E-state index is 12.1. The number of hydrogen-bond acceptors (Lipinski definition) is 2. The van der Waals surface area contributed by atoms with E-state index in [1.54, 1.807) is 18.2 Å². The third-order valence-electron chi connectivity index (χ3n) is 4.07. The Morgan fingerprint density at radius 2 is 2.11 bits per heavy atom. The molecule has 0 spiro atoms. The van der Waals surface area contributed by atoms with Crippen LogP contribution in [0.1, 0.15) is 24.8 Å². The van der Waals surface area contributed by atoms with E-state index in [2.05, 4.69) is 27.3 Å². The van der Waals surface area contributed by atoms with Crippen LogP contribution in [0.2, 0.25) is 0 Å². The van der Waals surface area contributed by atoms with E-state index in [-0.39, 0.29) is 11.8 Å². The van der Waals surface area contributed by atoms with Crippen LogP contribution in [0, 0.1) is 29.1 Å². The van der Waals surface area contributed by atoms with Crippen molar-refractivity contribution in [3.05, 3.63) is 28.2 Å². The molecule has 3 rings (SSSR count). The molecule has 92 valence electrons. The number of hydrogen-bond donors (Lipinski definition) is 1. The molecule has 1 amide bonds. The minimum absolute atomic E-state index is 0.134. The van der Waals surface area contributed by atoms with Crippen molar-refractivity contribution in [2.45, 2.75) is 19.3 Å². The van der Waals surface area contributed by atoms with Gasteiger partial charge in [0, 0.05) is 10.4 Å². The number of halogens is 1. The van der Waals surface area contributed by atoms with Gasteiger partial charge in [-0.2, -0.15) is 5.26 Å². The first-order valence-corrected chi connectivity index (χ1v) is 7.00. The van der Waals surface area contributed by atoms with Crippen LogP contribution < -0.4 is 5.32 Å². The summed E-state index contributed by atoms with van der Waals surface area (Å²) >= 11 is 3.38. The van der Waals surface area contributed by atoms with Gasteiger partial charge in [0.05, 0.1) is 17.3 Å². The van der Waals surface area contributed by atoms with E-state index in [4.69, 9.17) is 5.26 Å². The number of nitriles is 1. The van der Waals surface area contributed by atoms with Gasteiger partial charge in [0.2, 0.25) is 5.91 Å². The van der Waals surface area contributed by atoms with E-state index < -0.39 is 0 Å². The Bertz CT molecular complexity index is 539. The van der Waals surface area contributed by atoms with Crippen LogP contribution >= 0.6 is 15.9 Å². The molecule has 2 fully saturated rings. The van der Waals surface area contributed by atoms with E-state index in [0.29, 0.717) is 17.4 Å². The summed E-state index contributed by atoms with van der Waals surface area (Å²) in [6.45, 7) is 0. The first-order valence-electron chi connectivity index (χ1n) is 6.21. The summed E-state index contributed by atoms with van der Waals surface area (Å²) in [5.41, 5.74) is 1.34. The summed E-state index contributed by atoms with van der Waals surface area (Å²) in [6.07, 6.45) is 3.69. The maximum Gasteiger partial charge on any atom is 0.228 e. The summed E-state index contributed by atoms with van der Waals surface area (Å²) in [4.78, 5) is 12.1. The highest BCUT2D eigenvalue weighted by molar-refractivity contribution is 9.10. The Morgan fingerprint density at radius 3 is 2.72 bits per heavy atom. The molecule has 1 N–H and O–H groups in total. The molecule has 0 saturated heterocycles. The van der Waals surface area contributed by atoms with Crippen LogP contribution in [0.3, 0.4) is 0 Å². The standard InChI is InChI=1S/C14H13BrN2O/c15-11-6-8(7-16)4-5-12(11)17-14(18)13-9-2-1-3-10(9)13/h4-6,9-10,13H,1-3H2,(H,17,18). The van der Waals surface area contributed by atoms with Crippen molar-refractivity contribution in [2.24, 2.45) is 17.8 Å². The average molecular weight is 305 g/mol. The smallest absolute Gasteiger partial charge is 0.228 e. The lowest BCUT2D eigenvalue weighted by molar-refractivity contribution is -0.118. The van der Waals surface area contributed by atoms with Crippen LogP contribution in [0.25, 0.3) is 0 Å². The highest BCUT2D eigenvalue weighted by atomic mass is 79.9. The minimum Gasteiger partial charge on any atom is -0.325 e. The van der Waals surface area contributed by atoms with E-state index in [1.165, 1.54) is 19.3 Å². The lowest BCUT2D eigenvalue weighted by atomic mass is 10.1. The number of fused-ring (bicyclic) bond motifs is 1. The van der Waals surface area contributed by atoms with Crippen molar-refractivity contribution >= 4 is 27.5 Å². The fourth-order valence-electron chi connectivity index (χ4n) is 3.11. The average Bonchev–Trinajstić information content (AvgIpc) is 2.86. The minimum atomic E-state index is 0.134. The third kappa shape index (κ3) is 1.93. The predicted molar refractivity (Wildman–Crippen MR) is 71.8 cm³/mol. The lowest BCUT2D eigenvalue weighted by Gasteiger charge is -2.08. The molecule has 0 bridgehead atoms. The monoisotopic (exact) mass is 304 g/mol. The van der Waals surface area contributed by atoms with Gasteiger partial charge in [0.25, 0.3) is 0 Å². The molecule has 0 aromatic heterocycles. The Hall–Kier alpha value is -1.34. The maximum absolute atomic E-state index is 12.1. The van der Waals surface area contributed by atoms with Crippen LogP contribution in [0.4, 0.5) is 5.69 Å². The van der Waals surface area contributed by atoms with Gasteiger partial charge < -0.3 is 5.32 Å². The first-order chi connectivity index (χ1) is 8.70. The van der Waals surface area contributed by atoms with Crippen LogP contribution in [0.5, 0.6) is 0 Å². The fourth-order valence-corrected chi connectivity index (χ4v) is 3.59. The second kappa shape index (κ2) is 4.40. The lowest BCUT2D eigenvalue weighted by Crippen LogP contribution is -2.16. The molecule has 2 saturated carbocycles. The zero-order valence-electron chi connectivity index (χ0n) is 9.82. The van der Waals surface area contributed by atoms with Gasteiger partial charge in [-0.05, 0) is 58.8 Å². The molecule has 0 aliphatic heterocycles. The molecule has 2 aliphatic carbocycles. The molecule has 3 nitrogen and oxygen atoms in total. The summed E-state index contributed by atoms with van der Waals surface area (Å²) in [5.74, 6) is 1.61. The number of nitrogens with zero attached hydrogens (tertiary/aromatic N) is 1. The summed E-state index contributed by atoms with van der Waals surface area (Å²) in [6, 6.07) is 7.29. The molecule has 4 heteroatoms. The number of anilines is 1. The van der Waals surface area contributed by atoms with Gasteiger partial charge in [0.1, 0.15) is 0 Å². The molecular formula is C14H13BrN2O. The van der Waals surface area contributed by atoms with Gasteiger partial charge in [0.15, 0.2) is 0 Å². The van der Waals surface area contributed by atoms with Crippen molar-refractivity contribution in [1.82, 2.24) is 0 Å². The molecule has 0 heterocycles. The Balaban J connectivity index is 1.70. The van der Waals surface area contributed by atoms with Crippen molar-refractivity contribution in [1.29, 1.82) is 5.26 Å². The highest BCUT2D eigenvalue weighted by Crippen LogP contribution is 2.57. The highest BCUT2D eigenvalue weighted by Gasteiger charge is 2.56. The quantitative estimate of drug-likeness (QED) is 0.911. The molecule has 1 aromatic carbocycles. The third-order valence-corrected chi connectivity index (χ3v) is 4.72. The molecule has 2 unspecified atom stereocenters.